The van der Waals surface area contributed by atoms with Gasteiger partial charge in [-0.3, -0.25) is 0 Å². The highest BCUT2D eigenvalue weighted by Gasteiger charge is 2.28. The van der Waals surface area contributed by atoms with Crippen LogP contribution in [0.4, 0.5) is 0 Å². The average molecular weight is 185 g/mol. The molecule has 0 amide bonds. The van der Waals surface area contributed by atoms with E-state index < -0.39 is 0 Å². The maximum Gasteiger partial charge on any atom is 0.0731 e. The molecule has 0 radical (unpaired) electrons. The fourth-order valence-electron chi connectivity index (χ4n) is 1.85. The molecular formula is C11H23NO. The first-order valence-corrected chi connectivity index (χ1v) is 5.48. The van der Waals surface area contributed by atoms with E-state index in [9.17, 15) is 0 Å². The smallest absolute Gasteiger partial charge is 0.0731 e. The van der Waals surface area contributed by atoms with Crippen molar-refractivity contribution in [2.75, 3.05) is 7.05 Å². The van der Waals surface area contributed by atoms with Gasteiger partial charge in [-0.15, -0.1) is 0 Å². The molecule has 13 heavy (non-hydrogen) atoms. The van der Waals surface area contributed by atoms with E-state index in [1.165, 1.54) is 19.3 Å². The summed E-state index contributed by atoms with van der Waals surface area (Å²) in [7, 11) is 2.03. The summed E-state index contributed by atoms with van der Waals surface area (Å²) in [5.41, 5.74) is 0. The zero-order valence-electron chi connectivity index (χ0n) is 9.34. The van der Waals surface area contributed by atoms with Gasteiger partial charge in [0, 0.05) is 6.04 Å². The van der Waals surface area contributed by atoms with Crippen molar-refractivity contribution >= 4 is 0 Å². The summed E-state index contributed by atoms with van der Waals surface area (Å²) in [4.78, 5) is 0. The Balaban J connectivity index is 2.34. The van der Waals surface area contributed by atoms with E-state index in [2.05, 4.69) is 26.1 Å². The van der Waals surface area contributed by atoms with Crippen LogP contribution < -0.4 is 5.32 Å². The Kier molecular flexibility index (Phi) is 4.20. The highest BCUT2D eigenvalue weighted by atomic mass is 16.5. The van der Waals surface area contributed by atoms with E-state index in [1.54, 1.807) is 0 Å². The van der Waals surface area contributed by atoms with Gasteiger partial charge in [-0.2, -0.15) is 0 Å². The Morgan fingerprint density at radius 3 is 2.46 bits per heavy atom. The average Bonchev–Trinajstić information content (AvgIpc) is 2.51. The van der Waals surface area contributed by atoms with Crippen LogP contribution in [-0.2, 0) is 4.74 Å². The van der Waals surface area contributed by atoms with Crippen molar-refractivity contribution in [1.82, 2.24) is 5.32 Å². The van der Waals surface area contributed by atoms with Crippen LogP contribution in [0.3, 0.4) is 0 Å². The molecular weight excluding hydrogens is 162 g/mol. The molecule has 0 aromatic rings. The van der Waals surface area contributed by atoms with Gasteiger partial charge in [-0.05, 0) is 39.2 Å². The molecule has 1 rings (SSSR count). The molecule has 0 aliphatic heterocycles. The molecule has 0 spiro atoms. The molecule has 1 N–H and O–H groups in total. The topological polar surface area (TPSA) is 21.3 Å². The lowest BCUT2D eigenvalue weighted by Crippen LogP contribution is -2.37. The molecule has 1 saturated carbocycles. The lowest BCUT2D eigenvalue weighted by atomic mass is 10.1. The number of hydrogen-bond donors (Lipinski definition) is 1. The van der Waals surface area contributed by atoms with Gasteiger partial charge in [0.15, 0.2) is 0 Å². The summed E-state index contributed by atoms with van der Waals surface area (Å²) in [6.45, 7) is 6.61. The Hall–Kier alpha value is -0.0800. The van der Waals surface area contributed by atoms with Gasteiger partial charge in [-0.25, -0.2) is 0 Å². The fourth-order valence-corrected chi connectivity index (χ4v) is 1.85. The van der Waals surface area contributed by atoms with E-state index in [4.69, 9.17) is 4.74 Å². The van der Waals surface area contributed by atoms with E-state index >= 15 is 0 Å². The van der Waals surface area contributed by atoms with E-state index in [0.29, 0.717) is 24.2 Å². The second-order valence-electron chi connectivity index (χ2n) is 4.45. The van der Waals surface area contributed by atoms with Crippen molar-refractivity contribution in [3.05, 3.63) is 0 Å². The first-order valence-electron chi connectivity index (χ1n) is 5.48. The van der Waals surface area contributed by atoms with Crippen LogP contribution in [0.15, 0.2) is 0 Å². The number of rotatable bonds is 4. The predicted molar refractivity (Wildman–Crippen MR) is 55.9 cm³/mol. The third-order valence-corrected chi connectivity index (χ3v) is 3.15. The van der Waals surface area contributed by atoms with Crippen molar-refractivity contribution in [3.63, 3.8) is 0 Å². The van der Waals surface area contributed by atoms with Crippen LogP contribution in [0.25, 0.3) is 0 Å². The van der Waals surface area contributed by atoms with Crippen molar-refractivity contribution in [2.45, 2.75) is 58.3 Å². The Labute approximate surface area is 82.0 Å². The zero-order valence-corrected chi connectivity index (χ0v) is 9.34. The summed E-state index contributed by atoms with van der Waals surface area (Å²) < 4.78 is 6.01. The summed E-state index contributed by atoms with van der Waals surface area (Å²) in [5.74, 6) is 0.623. The molecule has 0 aromatic carbocycles. The first-order chi connectivity index (χ1) is 6.15. The van der Waals surface area contributed by atoms with Gasteiger partial charge in [0.25, 0.3) is 0 Å². The lowest BCUT2D eigenvalue weighted by molar-refractivity contribution is -0.0322. The molecule has 78 valence electrons. The summed E-state index contributed by atoms with van der Waals surface area (Å²) >= 11 is 0. The third kappa shape index (κ3) is 2.96. The molecule has 0 heterocycles. The largest absolute Gasteiger partial charge is 0.373 e. The fraction of sp³-hybridized carbons (Fsp3) is 1.00. The third-order valence-electron chi connectivity index (χ3n) is 3.15. The molecule has 0 bridgehead atoms. The van der Waals surface area contributed by atoms with Crippen LogP contribution >= 0.6 is 0 Å². The second kappa shape index (κ2) is 4.97. The molecule has 3 unspecified atom stereocenters. The molecule has 0 saturated heterocycles. The van der Waals surface area contributed by atoms with Crippen molar-refractivity contribution in [1.29, 1.82) is 0 Å². The Bertz CT molecular complexity index is 147. The van der Waals surface area contributed by atoms with Gasteiger partial charge < -0.3 is 10.1 Å². The van der Waals surface area contributed by atoms with Gasteiger partial charge in [-0.1, -0.05) is 13.8 Å². The van der Waals surface area contributed by atoms with Crippen LogP contribution in [0.1, 0.15) is 40.0 Å². The highest BCUT2D eigenvalue weighted by molar-refractivity contribution is 4.83. The van der Waals surface area contributed by atoms with Gasteiger partial charge in [0.05, 0.1) is 12.2 Å². The summed E-state index contributed by atoms with van der Waals surface area (Å²) in [5, 5.41) is 3.33. The molecule has 2 heteroatoms. The quantitative estimate of drug-likeness (QED) is 0.725. The summed E-state index contributed by atoms with van der Waals surface area (Å²) in [6.07, 6.45) is 4.64. The highest BCUT2D eigenvalue weighted by Crippen LogP contribution is 2.24. The molecule has 2 nitrogen and oxygen atoms in total. The van der Waals surface area contributed by atoms with Gasteiger partial charge >= 0.3 is 0 Å². The van der Waals surface area contributed by atoms with Gasteiger partial charge in [0.1, 0.15) is 0 Å². The molecule has 1 fully saturated rings. The van der Waals surface area contributed by atoms with E-state index in [1.807, 2.05) is 7.05 Å². The minimum Gasteiger partial charge on any atom is -0.373 e. The number of nitrogens with one attached hydrogen (secondary N) is 1. The maximum atomic E-state index is 6.01. The number of ether oxygens (including phenoxy) is 1. The normalized spacial score (nSPS) is 31.2. The van der Waals surface area contributed by atoms with E-state index in [-0.39, 0.29) is 0 Å². The Morgan fingerprint density at radius 2 is 1.92 bits per heavy atom. The van der Waals surface area contributed by atoms with Crippen LogP contribution in [0, 0.1) is 5.92 Å². The van der Waals surface area contributed by atoms with Crippen LogP contribution in [0.5, 0.6) is 0 Å². The molecule has 1 aliphatic carbocycles. The maximum absolute atomic E-state index is 6.01. The standard InChI is InChI=1S/C11H23NO/c1-8(2)9(3)13-11-7-5-6-10(11)12-4/h8-12H,5-7H2,1-4H3. The van der Waals surface area contributed by atoms with Crippen molar-refractivity contribution < 1.29 is 4.74 Å². The zero-order chi connectivity index (χ0) is 9.84. The van der Waals surface area contributed by atoms with Crippen LogP contribution in [0.2, 0.25) is 0 Å². The molecule has 0 aromatic heterocycles. The van der Waals surface area contributed by atoms with Crippen LogP contribution in [-0.4, -0.2) is 25.3 Å². The monoisotopic (exact) mass is 185 g/mol. The predicted octanol–water partition coefficient (Wildman–Crippen LogP) is 2.19. The minimum absolute atomic E-state index is 0.388. The first kappa shape index (κ1) is 11.0. The van der Waals surface area contributed by atoms with Crippen molar-refractivity contribution in [2.24, 2.45) is 5.92 Å². The lowest BCUT2D eigenvalue weighted by Gasteiger charge is -2.25. The van der Waals surface area contributed by atoms with Crippen molar-refractivity contribution in [3.8, 4) is 0 Å². The SMILES string of the molecule is CNC1CCCC1OC(C)C(C)C. The van der Waals surface area contributed by atoms with E-state index in [0.717, 1.165) is 0 Å². The number of hydrogen-bond acceptors (Lipinski definition) is 2. The van der Waals surface area contributed by atoms with Gasteiger partial charge in [0.2, 0.25) is 0 Å². The second-order valence-corrected chi connectivity index (χ2v) is 4.45. The Morgan fingerprint density at radius 1 is 1.23 bits per heavy atom. The molecule has 3 atom stereocenters. The number of likely N-dealkylation sites (N-methyl/N-ethyl adjacent to an activating group) is 1. The minimum atomic E-state index is 0.388. The summed E-state index contributed by atoms with van der Waals surface area (Å²) in [6, 6.07) is 0.584. The molecule has 1 aliphatic rings.